The van der Waals surface area contributed by atoms with Crippen molar-refractivity contribution in [1.82, 2.24) is 0 Å². The third-order valence-electron chi connectivity index (χ3n) is 5.63. The van der Waals surface area contributed by atoms with E-state index in [1.54, 1.807) is 11.4 Å². The summed E-state index contributed by atoms with van der Waals surface area (Å²) in [5.74, 6) is 0. The summed E-state index contributed by atoms with van der Waals surface area (Å²) in [6, 6.07) is 0. The molecule has 0 aliphatic carbocycles. The Hall–Kier alpha value is -0.740. The first-order valence-electron chi connectivity index (χ1n) is 10.0. The van der Waals surface area contributed by atoms with E-state index in [-0.39, 0.29) is 11.0 Å². The Balaban J connectivity index is 0.00000264. The van der Waals surface area contributed by atoms with Crippen LogP contribution in [-0.2, 0) is 0 Å². The van der Waals surface area contributed by atoms with Crippen molar-refractivity contribution >= 4 is 11.4 Å². The van der Waals surface area contributed by atoms with Gasteiger partial charge in [0.25, 0.3) is 0 Å². The van der Waals surface area contributed by atoms with E-state index in [0.29, 0.717) is 0 Å². The van der Waals surface area contributed by atoms with Gasteiger partial charge in [-0.15, -0.1) is 0 Å². The van der Waals surface area contributed by atoms with Crippen molar-refractivity contribution in [1.29, 1.82) is 0 Å². The Morgan fingerprint density at radius 3 is 1.42 bits per heavy atom. The van der Waals surface area contributed by atoms with Crippen LogP contribution in [0.1, 0.15) is 90.9 Å². The van der Waals surface area contributed by atoms with E-state index in [9.17, 15) is 0 Å². The van der Waals surface area contributed by atoms with Gasteiger partial charge < -0.3 is 11.0 Å². The zero-order valence-electron chi connectivity index (χ0n) is 16.1. The summed E-state index contributed by atoms with van der Waals surface area (Å²) in [6.07, 6.45) is 16.8. The molecular formula is C20H40N2O2. The maximum absolute atomic E-state index is 2.64. The summed E-state index contributed by atoms with van der Waals surface area (Å²) in [5, 5.41) is 0. The number of nitrogens with zero attached hydrogens (tertiary/aromatic N) is 2. The van der Waals surface area contributed by atoms with Crippen LogP contribution in [0.2, 0.25) is 0 Å². The van der Waals surface area contributed by atoms with Gasteiger partial charge in [0, 0.05) is 38.5 Å². The molecule has 0 amide bonds. The molecule has 24 heavy (non-hydrogen) atoms. The highest BCUT2D eigenvalue weighted by molar-refractivity contribution is 5.80. The van der Waals surface area contributed by atoms with Crippen molar-refractivity contribution in [2.45, 2.75) is 90.9 Å². The third-order valence-corrected chi connectivity index (χ3v) is 5.63. The fourth-order valence-electron chi connectivity index (χ4n) is 4.24. The number of unbranched alkanes of at least 4 members (excludes halogenated alkanes) is 3. The Morgan fingerprint density at radius 2 is 1.04 bits per heavy atom. The lowest BCUT2D eigenvalue weighted by molar-refractivity contribution is -0.531. The highest BCUT2D eigenvalue weighted by atomic mass is 16.0. The van der Waals surface area contributed by atoms with Gasteiger partial charge in [-0.05, 0) is 39.5 Å². The van der Waals surface area contributed by atoms with Crippen LogP contribution in [0.5, 0.6) is 0 Å². The van der Waals surface area contributed by atoms with Gasteiger partial charge in [-0.2, -0.15) is 0 Å². The quantitative estimate of drug-likeness (QED) is 0.464. The molecule has 2 heterocycles. The van der Waals surface area contributed by atoms with Crippen LogP contribution in [-0.4, -0.2) is 57.7 Å². The summed E-state index contributed by atoms with van der Waals surface area (Å²) in [5.41, 5.74) is 3.51. The monoisotopic (exact) mass is 340 g/mol. The van der Waals surface area contributed by atoms with Crippen LogP contribution in [0, 0.1) is 0 Å². The molecule has 0 spiro atoms. The van der Waals surface area contributed by atoms with Gasteiger partial charge in [-0.3, -0.25) is 0 Å². The molecule has 2 N–H and O–H groups in total. The number of hydrogen-bond donors (Lipinski definition) is 0. The Kier molecular flexibility index (Phi) is 13.1. The van der Waals surface area contributed by atoms with Gasteiger partial charge >= 0.3 is 0 Å². The molecule has 2 rings (SSSR count). The molecule has 4 nitrogen and oxygen atoms in total. The Morgan fingerprint density at radius 1 is 0.625 bits per heavy atom. The highest BCUT2D eigenvalue weighted by Crippen LogP contribution is 2.15. The van der Waals surface area contributed by atoms with E-state index in [2.05, 4.69) is 23.0 Å². The van der Waals surface area contributed by atoms with Crippen molar-refractivity contribution in [3.63, 3.8) is 0 Å². The molecular weight excluding hydrogens is 300 g/mol. The molecule has 0 aromatic carbocycles. The summed E-state index contributed by atoms with van der Waals surface area (Å²) in [7, 11) is 0. The molecule has 2 aliphatic rings. The molecule has 0 radical (unpaired) electrons. The summed E-state index contributed by atoms with van der Waals surface area (Å²) < 4.78 is 5.28. The molecule has 0 saturated heterocycles. The Labute approximate surface area is 149 Å². The fourth-order valence-corrected chi connectivity index (χ4v) is 4.24. The predicted molar refractivity (Wildman–Crippen MR) is 101 cm³/mol. The van der Waals surface area contributed by atoms with E-state index in [0.717, 1.165) is 0 Å². The molecule has 0 bridgehead atoms. The van der Waals surface area contributed by atoms with Crippen LogP contribution >= 0.6 is 0 Å². The SMILES string of the molecule is CC[N+]1=C(CCCCCCC2=[N+](CC)CCCC2)CCCC1.[OH-].[OH-]. The Bertz CT molecular complexity index is 364. The number of rotatable bonds is 9. The first-order chi connectivity index (χ1) is 10.8. The zero-order valence-corrected chi connectivity index (χ0v) is 16.1. The van der Waals surface area contributed by atoms with Gasteiger partial charge in [0.1, 0.15) is 26.2 Å². The summed E-state index contributed by atoms with van der Waals surface area (Å²) in [6.45, 7) is 9.70. The maximum atomic E-state index is 2.64. The van der Waals surface area contributed by atoms with E-state index < -0.39 is 0 Å². The van der Waals surface area contributed by atoms with Gasteiger partial charge in [0.05, 0.1) is 0 Å². The van der Waals surface area contributed by atoms with Crippen molar-refractivity contribution in [3.05, 3.63) is 0 Å². The first-order valence-corrected chi connectivity index (χ1v) is 10.0. The van der Waals surface area contributed by atoms with Crippen molar-refractivity contribution in [2.75, 3.05) is 26.2 Å². The summed E-state index contributed by atoms with van der Waals surface area (Å²) >= 11 is 0. The second kappa shape index (κ2) is 13.5. The minimum absolute atomic E-state index is 0. The summed E-state index contributed by atoms with van der Waals surface area (Å²) in [4.78, 5) is 0. The predicted octanol–water partition coefficient (Wildman–Crippen LogP) is 4.29. The zero-order chi connectivity index (χ0) is 15.6. The van der Waals surface area contributed by atoms with Gasteiger partial charge in [-0.1, -0.05) is 12.8 Å². The molecule has 0 aromatic heterocycles. The molecule has 4 heteroatoms. The van der Waals surface area contributed by atoms with Crippen molar-refractivity contribution < 1.29 is 20.1 Å². The van der Waals surface area contributed by atoms with Crippen LogP contribution in [0.3, 0.4) is 0 Å². The van der Waals surface area contributed by atoms with Crippen LogP contribution < -0.4 is 0 Å². The second-order valence-corrected chi connectivity index (χ2v) is 7.12. The smallest absolute Gasteiger partial charge is 0.152 e. The standard InChI is InChI=1S/C20H38N2.2H2O/c1-3-21-17-11-9-15-19(21)13-7-5-6-8-14-20-16-10-12-18-22(20)4-2;;/h3-18H2,1-2H3;2*1H2/q+2;;/p-2. The maximum Gasteiger partial charge on any atom is 0.152 e. The minimum Gasteiger partial charge on any atom is -0.870 e. The van der Waals surface area contributed by atoms with Crippen LogP contribution in [0.25, 0.3) is 0 Å². The average Bonchev–Trinajstić information content (AvgIpc) is 2.58. The molecule has 0 unspecified atom stereocenters. The van der Waals surface area contributed by atoms with Gasteiger partial charge in [0.2, 0.25) is 0 Å². The average molecular weight is 341 g/mol. The number of hydrogen-bond acceptors (Lipinski definition) is 2. The van der Waals surface area contributed by atoms with Crippen molar-refractivity contribution in [3.8, 4) is 0 Å². The van der Waals surface area contributed by atoms with E-state index in [1.165, 1.54) is 103 Å². The van der Waals surface area contributed by atoms with E-state index >= 15 is 0 Å². The lowest BCUT2D eigenvalue weighted by Crippen LogP contribution is -2.26. The molecule has 0 saturated carbocycles. The molecule has 142 valence electrons. The van der Waals surface area contributed by atoms with Gasteiger partial charge in [0.15, 0.2) is 11.4 Å². The molecule has 0 fully saturated rings. The molecule has 2 aliphatic heterocycles. The second-order valence-electron chi connectivity index (χ2n) is 7.12. The van der Waals surface area contributed by atoms with Gasteiger partial charge in [-0.25, -0.2) is 9.15 Å². The molecule has 0 aromatic rings. The molecule has 0 atom stereocenters. The normalized spacial score (nSPS) is 18.2. The van der Waals surface area contributed by atoms with Crippen LogP contribution in [0.15, 0.2) is 0 Å². The van der Waals surface area contributed by atoms with Crippen LogP contribution in [0.4, 0.5) is 0 Å². The largest absolute Gasteiger partial charge is 0.870 e. The lowest BCUT2D eigenvalue weighted by atomic mass is 9.99. The van der Waals surface area contributed by atoms with E-state index in [4.69, 9.17) is 0 Å². The topological polar surface area (TPSA) is 66.0 Å². The minimum atomic E-state index is 0. The third kappa shape index (κ3) is 7.43. The van der Waals surface area contributed by atoms with Crippen molar-refractivity contribution in [2.24, 2.45) is 0 Å². The highest BCUT2D eigenvalue weighted by Gasteiger charge is 2.18. The first kappa shape index (κ1) is 23.3. The lowest BCUT2D eigenvalue weighted by Gasteiger charge is -2.15. The fraction of sp³-hybridized carbons (Fsp3) is 0.900. The van der Waals surface area contributed by atoms with E-state index in [1.807, 2.05) is 0 Å².